The number of nitrogens with zero attached hydrogens (tertiary/aromatic N) is 2. The van der Waals surface area contributed by atoms with Crippen molar-refractivity contribution < 1.29 is 0 Å². The van der Waals surface area contributed by atoms with Crippen LogP contribution in [0.15, 0.2) is 30.3 Å². The first kappa shape index (κ1) is 15.5. The van der Waals surface area contributed by atoms with Crippen LogP contribution >= 0.6 is 0 Å². The van der Waals surface area contributed by atoms with Gasteiger partial charge in [-0.1, -0.05) is 30.3 Å². The maximum absolute atomic E-state index is 5.97. The summed E-state index contributed by atoms with van der Waals surface area (Å²) in [5.74, 6) is 1.30. The molecule has 1 aliphatic heterocycles. The highest BCUT2D eigenvalue weighted by atomic mass is 15.1. The summed E-state index contributed by atoms with van der Waals surface area (Å²) in [6.07, 6.45) is 2.67. The molecule has 3 heteroatoms. The van der Waals surface area contributed by atoms with Crippen molar-refractivity contribution in [3.63, 3.8) is 0 Å². The highest BCUT2D eigenvalue weighted by molar-refractivity contribution is 5.20. The van der Waals surface area contributed by atoms with Gasteiger partial charge >= 0.3 is 0 Å². The van der Waals surface area contributed by atoms with Crippen molar-refractivity contribution in [1.82, 2.24) is 9.80 Å². The Labute approximate surface area is 123 Å². The molecule has 0 bridgehead atoms. The number of hydrogen-bond acceptors (Lipinski definition) is 3. The summed E-state index contributed by atoms with van der Waals surface area (Å²) in [5.41, 5.74) is 7.34. The zero-order valence-corrected chi connectivity index (χ0v) is 13.0. The van der Waals surface area contributed by atoms with Crippen molar-refractivity contribution >= 4 is 0 Å². The molecule has 0 aromatic heterocycles. The Morgan fingerprint density at radius 3 is 2.50 bits per heavy atom. The van der Waals surface area contributed by atoms with E-state index in [9.17, 15) is 0 Å². The first-order valence-corrected chi connectivity index (χ1v) is 7.81. The molecule has 0 aliphatic carbocycles. The first-order chi connectivity index (χ1) is 9.69. The third kappa shape index (κ3) is 4.58. The molecule has 3 nitrogen and oxygen atoms in total. The molecule has 0 radical (unpaired) electrons. The minimum atomic E-state index is 0.451. The number of nitrogens with two attached hydrogens (primary N) is 1. The monoisotopic (exact) mass is 275 g/mol. The van der Waals surface area contributed by atoms with Crippen LogP contribution in [0.3, 0.4) is 0 Å². The van der Waals surface area contributed by atoms with Crippen LogP contribution in [0.1, 0.15) is 24.3 Å². The lowest BCUT2D eigenvalue weighted by Gasteiger charge is -2.32. The second-order valence-electron chi connectivity index (χ2n) is 6.31. The van der Waals surface area contributed by atoms with E-state index in [1.807, 2.05) is 0 Å². The predicted octanol–water partition coefficient (Wildman–Crippen LogP) is 2.00. The Kier molecular flexibility index (Phi) is 6.02. The van der Waals surface area contributed by atoms with Gasteiger partial charge in [0, 0.05) is 25.6 Å². The van der Waals surface area contributed by atoms with E-state index in [0.29, 0.717) is 5.92 Å². The van der Waals surface area contributed by atoms with E-state index >= 15 is 0 Å². The quantitative estimate of drug-likeness (QED) is 0.862. The van der Waals surface area contributed by atoms with E-state index in [1.54, 1.807) is 0 Å². The van der Waals surface area contributed by atoms with Crippen molar-refractivity contribution in [1.29, 1.82) is 0 Å². The number of benzene rings is 1. The molecule has 1 unspecified atom stereocenters. The van der Waals surface area contributed by atoms with E-state index in [2.05, 4.69) is 54.2 Å². The fourth-order valence-electron chi connectivity index (χ4n) is 3.18. The molecule has 2 N–H and O–H groups in total. The second kappa shape index (κ2) is 7.77. The minimum absolute atomic E-state index is 0.451. The third-order valence-corrected chi connectivity index (χ3v) is 4.50. The summed E-state index contributed by atoms with van der Waals surface area (Å²) in [6, 6.07) is 10.7. The number of likely N-dealkylation sites (tertiary alicyclic amines) is 1. The van der Waals surface area contributed by atoms with Gasteiger partial charge < -0.3 is 15.5 Å². The van der Waals surface area contributed by atoms with Gasteiger partial charge in [0.25, 0.3) is 0 Å². The van der Waals surface area contributed by atoms with Crippen molar-refractivity contribution in [3.8, 4) is 0 Å². The van der Waals surface area contributed by atoms with Gasteiger partial charge in [-0.25, -0.2) is 0 Å². The summed E-state index contributed by atoms with van der Waals surface area (Å²) in [7, 11) is 4.46. The van der Waals surface area contributed by atoms with Crippen LogP contribution in [0.25, 0.3) is 0 Å². The Morgan fingerprint density at radius 2 is 1.90 bits per heavy atom. The number of likely N-dealkylation sites (N-methyl/N-ethyl adjacent to an activating group) is 1. The zero-order chi connectivity index (χ0) is 14.4. The summed E-state index contributed by atoms with van der Waals surface area (Å²) in [6.45, 7) is 5.49. The molecule has 2 rings (SSSR count). The molecular weight excluding hydrogens is 246 g/mol. The fourth-order valence-corrected chi connectivity index (χ4v) is 3.18. The Morgan fingerprint density at radius 1 is 1.25 bits per heavy atom. The van der Waals surface area contributed by atoms with Crippen LogP contribution in [-0.4, -0.2) is 56.6 Å². The van der Waals surface area contributed by atoms with Crippen molar-refractivity contribution in [3.05, 3.63) is 35.9 Å². The van der Waals surface area contributed by atoms with E-state index in [4.69, 9.17) is 5.73 Å². The minimum Gasteiger partial charge on any atom is -0.330 e. The molecule has 1 atom stereocenters. The Hall–Kier alpha value is -0.900. The van der Waals surface area contributed by atoms with Crippen molar-refractivity contribution in [2.75, 3.05) is 46.8 Å². The molecule has 0 saturated carbocycles. The van der Waals surface area contributed by atoms with Crippen LogP contribution in [0.4, 0.5) is 0 Å². The molecule has 1 heterocycles. The standard InChI is InChI=1S/C17H29N3/c1-19-10-8-15(9-11-19)13-20(2)14-17(12-18)16-6-4-3-5-7-16/h3-7,15,17H,8-14,18H2,1-2H3. The summed E-state index contributed by atoms with van der Waals surface area (Å²) in [4.78, 5) is 4.91. The number of rotatable bonds is 6. The largest absolute Gasteiger partial charge is 0.330 e. The fraction of sp³-hybridized carbons (Fsp3) is 0.647. The van der Waals surface area contributed by atoms with E-state index < -0.39 is 0 Å². The average Bonchev–Trinajstić information content (AvgIpc) is 2.48. The molecule has 1 aromatic rings. The zero-order valence-electron chi connectivity index (χ0n) is 13.0. The van der Waals surface area contributed by atoms with E-state index in [-0.39, 0.29) is 0 Å². The first-order valence-electron chi connectivity index (χ1n) is 7.81. The second-order valence-corrected chi connectivity index (χ2v) is 6.31. The maximum atomic E-state index is 5.97. The van der Waals surface area contributed by atoms with Crippen LogP contribution in [0.5, 0.6) is 0 Å². The van der Waals surface area contributed by atoms with Gasteiger partial charge in [-0.15, -0.1) is 0 Å². The average molecular weight is 275 g/mol. The van der Waals surface area contributed by atoms with Crippen LogP contribution < -0.4 is 5.73 Å². The van der Waals surface area contributed by atoms with Crippen molar-refractivity contribution in [2.45, 2.75) is 18.8 Å². The number of hydrogen-bond donors (Lipinski definition) is 1. The molecule has 1 fully saturated rings. The predicted molar refractivity (Wildman–Crippen MR) is 86.0 cm³/mol. The van der Waals surface area contributed by atoms with E-state index in [0.717, 1.165) is 19.0 Å². The van der Waals surface area contributed by atoms with Crippen molar-refractivity contribution in [2.24, 2.45) is 11.7 Å². The SMILES string of the molecule is CN1CCC(CN(C)CC(CN)c2ccccc2)CC1. The summed E-state index contributed by atoms with van der Waals surface area (Å²) >= 11 is 0. The molecule has 0 spiro atoms. The van der Waals surface area contributed by atoms with Gasteiger partial charge in [0.1, 0.15) is 0 Å². The lowest BCUT2D eigenvalue weighted by molar-refractivity contribution is 0.172. The van der Waals surface area contributed by atoms with Gasteiger partial charge in [0.15, 0.2) is 0 Å². The van der Waals surface area contributed by atoms with E-state index in [1.165, 1.54) is 38.0 Å². The molecule has 112 valence electrons. The Bertz CT molecular complexity index is 371. The van der Waals surface area contributed by atoms with Gasteiger partial charge in [0.05, 0.1) is 0 Å². The van der Waals surface area contributed by atoms with Crippen LogP contribution in [0, 0.1) is 5.92 Å². The molecular formula is C17H29N3. The molecule has 1 aliphatic rings. The van der Waals surface area contributed by atoms with Gasteiger partial charge in [0.2, 0.25) is 0 Å². The molecule has 1 saturated heterocycles. The molecule has 20 heavy (non-hydrogen) atoms. The van der Waals surface area contributed by atoms with Gasteiger partial charge in [-0.05, 0) is 51.5 Å². The molecule has 1 aromatic carbocycles. The highest BCUT2D eigenvalue weighted by Gasteiger charge is 2.19. The van der Waals surface area contributed by atoms with Gasteiger partial charge in [-0.2, -0.15) is 0 Å². The Balaban J connectivity index is 1.82. The topological polar surface area (TPSA) is 32.5 Å². The normalized spacial score (nSPS) is 19.4. The van der Waals surface area contributed by atoms with Crippen LogP contribution in [0.2, 0.25) is 0 Å². The summed E-state index contributed by atoms with van der Waals surface area (Å²) < 4.78 is 0. The summed E-state index contributed by atoms with van der Waals surface area (Å²) in [5, 5.41) is 0. The smallest absolute Gasteiger partial charge is 0.00887 e. The lowest BCUT2D eigenvalue weighted by Crippen LogP contribution is -2.37. The lowest BCUT2D eigenvalue weighted by atomic mass is 9.95. The van der Waals surface area contributed by atoms with Crippen LogP contribution in [-0.2, 0) is 0 Å². The van der Waals surface area contributed by atoms with Gasteiger partial charge in [-0.3, -0.25) is 0 Å². The highest BCUT2D eigenvalue weighted by Crippen LogP contribution is 2.19. The maximum Gasteiger partial charge on any atom is 0.00887 e. The molecule has 0 amide bonds. The third-order valence-electron chi connectivity index (χ3n) is 4.50. The number of piperidine rings is 1.